The predicted octanol–water partition coefficient (Wildman–Crippen LogP) is 3.41. The Hall–Kier alpha value is -2.07. The fourth-order valence-electron chi connectivity index (χ4n) is 1.94. The number of methoxy groups -OCH3 is 1. The second kappa shape index (κ2) is 6.39. The first-order valence-electron chi connectivity index (χ1n) is 6.22. The van der Waals surface area contributed by atoms with Gasteiger partial charge < -0.3 is 9.64 Å². The second-order valence-electron chi connectivity index (χ2n) is 4.11. The van der Waals surface area contributed by atoms with Crippen LogP contribution in [0.25, 0.3) is 0 Å². The van der Waals surface area contributed by atoms with E-state index in [1.54, 1.807) is 41.6 Å². The van der Waals surface area contributed by atoms with Gasteiger partial charge >= 0.3 is 0 Å². The van der Waals surface area contributed by atoms with Crippen molar-refractivity contribution in [2.45, 2.75) is 6.92 Å². The number of pyridine rings is 1. The highest BCUT2D eigenvalue weighted by molar-refractivity contribution is 6.31. The Morgan fingerprint density at radius 2 is 2.20 bits per heavy atom. The van der Waals surface area contributed by atoms with Gasteiger partial charge in [-0.15, -0.1) is 0 Å². The number of hydrogen-bond acceptors (Lipinski definition) is 3. The molecular weight excluding hydrogens is 276 g/mol. The minimum atomic E-state index is -0.144. The van der Waals surface area contributed by atoms with Gasteiger partial charge in [0, 0.05) is 17.8 Å². The molecule has 104 valence electrons. The van der Waals surface area contributed by atoms with E-state index in [0.29, 0.717) is 22.9 Å². The van der Waals surface area contributed by atoms with Crippen molar-refractivity contribution in [2.75, 3.05) is 18.6 Å². The zero-order valence-electron chi connectivity index (χ0n) is 11.3. The van der Waals surface area contributed by atoms with Crippen molar-refractivity contribution in [3.8, 4) is 5.75 Å². The Balaban J connectivity index is 2.39. The fraction of sp³-hybridized carbons (Fsp3) is 0.200. The van der Waals surface area contributed by atoms with Crippen LogP contribution in [-0.4, -0.2) is 24.5 Å². The summed E-state index contributed by atoms with van der Waals surface area (Å²) in [7, 11) is 1.52. The number of halogens is 1. The summed E-state index contributed by atoms with van der Waals surface area (Å²) >= 11 is 5.92. The summed E-state index contributed by atoms with van der Waals surface area (Å²) in [5.41, 5.74) is 1.22. The summed E-state index contributed by atoms with van der Waals surface area (Å²) in [5, 5.41) is 0.530. The lowest BCUT2D eigenvalue weighted by atomic mass is 10.1. The highest BCUT2D eigenvalue weighted by Crippen LogP contribution is 2.26. The van der Waals surface area contributed by atoms with Gasteiger partial charge in [-0.05, 0) is 37.3 Å². The highest BCUT2D eigenvalue weighted by atomic mass is 35.5. The number of aromatic nitrogens is 1. The summed E-state index contributed by atoms with van der Waals surface area (Å²) in [6, 6.07) is 8.62. The Bertz CT molecular complexity index is 602. The van der Waals surface area contributed by atoms with Crippen molar-refractivity contribution in [1.82, 2.24) is 4.98 Å². The molecule has 0 bridgehead atoms. The molecule has 1 aromatic heterocycles. The zero-order valence-corrected chi connectivity index (χ0v) is 12.1. The number of nitrogens with zero attached hydrogens (tertiary/aromatic N) is 2. The lowest BCUT2D eigenvalue weighted by Crippen LogP contribution is -2.31. The van der Waals surface area contributed by atoms with Gasteiger partial charge in [0.05, 0.1) is 24.6 Å². The topological polar surface area (TPSA) is 42.4 Å². The first kappa shape index (κ1) is 14.3. The number of rotatable bonds is 4. The van der Waals surface area contributed by atoms with Gasteiger partial charge in [-0.1, -0.05) is 11.6 Å². The standard InChI is InChI=1S/C15H15ClN2O2/c1-3-18(12-5-4-8-17-10-12)15(19)13-7-6-11(16)9-14(13)20-2/h4-10H,3H2,1-2H3. The zero-order chi connectivity index (χ0) is 14.5. The SMILES string of the molecule is CCN(C(=O)c1ccc(Cl)cc1OC)c1cccnc1. The molecule has 4 nitrogen and oxygen atoms in total. The molecule has 5 heteroatoms. The van der Waals surface area contributed by atoms with Crippen LogP contribution in [0.3, 0.4) is 0 Å². The predicted molar refractivity (Wildman–Crippen MR) is 79.6 cm³/mol. The van der Waals surface area contributed by atoms with Gasteiger partial charge in [0.15, 0.2) is 0 Å². The van der Waals surface area contributed by atoms with Gasteiger partial charge in [0.2, 0.25) is 0 Å². The molecule has 20 heavy (non-hydrogen) atoms. The van der Waals surface area contributed by atoms with Crippen molar-refractivity contribution in [1.29, 1.82) is 0 Å². The molecular formula is C15H15ClN2O2. The molecule has 0 unspecified atom stereocenters. The molecule has 0 spiro atoms. The maximum Gasteiger partial charge on any atom is 0.262 e. The van der Waals surface area contributed by atoms with Crippen LogP contribution in [0.2, 0.25) is 5.02 Å². The van der Waals surface area contributed by atoms with Crippen LogP contribution in [0.1, 0.15) is 17.3 Å². The Morgan fingerprint density at radius 3 is 2.80 bits per heavy atom. The van der Waals surface area contributed by atoms with E-state index in [0.717, 1.165) is 5.69 Å². The molecule has 0 saturated heterocycles. The van der Waals surface area contributed by atoms with E-state index >= 15 is 0 Å². The van der Waals surface area contributed by atoms with Crippen molar-refractivity contribution < 1.29 is 9.53 Å². The number of hydrogen-bond donors (Lipinski definition) is 0. The second-order valence-corrected chi connectivity index (χ2v) is 4.54. The molecule has 0 saturated carbocycles. The quantitative estimate of drug-likeness (QED) is 0.866. The van der Waals surface area contributed by atoms with Gasteiger partial charge in [-0.25, -0.2) is 0 Å². The molecule has 0 aliphatic rings. The van der Waals surface area contributed by atoms with E-state index in [1.807, 2.05) is 13.0 Å². The largest absolute Gasteiger partial charge is 0.496 e. The van der Waals surface area contributed by atoms with E-state index in [-0.39, 0.29) is 5.91 Å². The van der Waals surface area contributed by atoms with E-state index in [4.69, 9.17) is 16.3 Å². The normalized spacial score (nSPS) is 10.2. The summed E-state index contributed by atoms with van der Waals surface area (Å²) < 4.78 is 5.23. The van der Waals surface area contributed by atoms with E-state index in [2.05, 4.69) is 4.98 Å². The maximum absolute atomic E-state index is 12.6. The highest BCUT2D eigenvalue weighted by Gasteiger charge is 2.20. The van der Waals surface area contributed by atoms with E-state index < -0.39 is 0 Å². The van der Waals surface area contributed by atoms with Crippen molar-refractivity contribution in [3.05, 3.63) is 53.3 Å². The summed E-state index contributed by atoms with van der Waals surface area (Å²) in [5.74, 6) is 0.318. The molecule has 0 aliphatic heterocycles. The van der Waals surface area contributed by atoms with Crippen LogP contribution in [0.5, 0.6) is 5.75 Å². The molecule has 0 radical (unpaired) electrons. The van der Waals surface area contributed by atoms with Crippen molar-refractivity contribution >= 4 is 23.2 Å². The van der Waals surface area contributed by atoms with Crippen LogP contribution in [-0.2, 0) is 0 Å². The van der Waals surface area contributed by atoms with E-state index in [9.17, 15) is 4.79 Å². The minimum Gasteiger partial charge on any atom is -0.496 e. The third-order valence-corrected chi connectivity index (χ3v) is 3.15. The summed E-state index contributed by atoms with van der Waals surface area (Å²) in [6.07, 6.45) is 3.33. The third kappa shape index (κ3) is 2.91. The average molecular weight is 291 g/mol. The van der Waals surface area contributed by atoms with Crippen LogP contribution in [0, 0.1) is 0 Å². The molecule has 0 N–H and O–H groups in total. The number of ether oxygens (including phenoxy) is 1. The Morgan fingerprint density at radius 1 is 1.40 bits per heavy atom. The number of amides is 1. The van der Waals surface area contributed by atoms with Gasteiger partial charge in [-0.3, -0.25) is 9.78 Å². The smallest absolute Gasteiger partial charge is 0.262 e. The lowest BCUT2D eigenvalue weighted by molar-refractivity contribution is 0.0985. The van der Waals surface area contributed by atoms with Crippen LogP contribution in [0.15, 0.2) is 42.7 Å². The molecule has 1 amide bonds. The van der Waals surface area contributed by atoms with E-state index in [1.165, 1.54) is 7.11 Å². The van der Waals surface area contributed by atoms with Crippen LogP contribution in [0.4, 0.5) is 5.69 Å². The molecule has 2 aromatic rings. The van der Waals surface area contributed by atoms with Crippen LogP contribution >= 0.6 is 11.6 Å². The Kier molecular flexibility index (Phi) is 4.58. The van der Waals surface area contributed by atoms with Crippen molar-refractivity contribution in [2.24, 2.45) is 0 Å². The number of carbonyl (C=O) groups excluding carboxylic acids is 1. The van der Waals surface area contributed by atoms with Crippen LogP contribution < -0.4 is 9.64 Å². The summed E-state index contributed by atoms with van der Waals surface area (Å²) in [4.78, 5) is 18.3. The van der Waals surface area contributed by atoms with Gasteiger partial charge in [0.25, 0.3) is 5.91 Å². The first-order valence-corrected chi connectivity index (χ1v) is 6.60. The molecule has 0 atom stereocenters. The first-order chi connectivity index (χ1) is 9.67. The third-order valence-electron chi connectivity index (χ3n) is 2.91. The van der Waals surface area contributed by atoms with Crippen molar-refractivity contribution in [3.63, 3.8) is 0 Å². The maximum atomic E-state index is 12.6. The minimum absolute atomic E-state index is 0.144. The fourth-order valence-corrected chi connectivity index (χ4v) is 2.11. The number of anilines is 1. The molecule has 1 heterocycles. The molecule has 1 aromatic carbocycles. The lowest BCUT2D eigenvalue weighted by Gasteiger charge is -2.21. The molecule has 0 fully saturated rings. The van der Waals surface area contributed by atoms with Gasteiger partial charge in [0.1, 0.15) is 5.75 Å². The Labute approximate surface area is 123 Å². The average Bonchev–Trinajstić information content (AvgIpc) is 2.48. The number of benzene rings is 1. The number of carbonyl (C=O) groups is 1. The van der Waals surface area contributed by atoms with Gasteiger partial charge in [-0.2, -0.15) is 0 Å². The monoisotopic (exact) mass is 290 g/mol. The molecule has 2 rings (SSSR count). The molecule has 0 aliphatic carbocycles. The summed E-state index contributed by atoms with van der Waals surface area (Å²) in [6.45, 7) is 2.45.